The van der Waals surface area contributed by atoms with Crippen LogP contribution in [0.25, 0.3) is 10.2 Å². The molecule has 8 heteroatoms. The van der Waals surface area contributed by atoms with Crippen molar-refractivity contribution in [2.75, 3.05) is 4.90 Å². The van der Waals surface area contributed by atoms with Crippen LogP contribution in [0.4, 0.5) is 5.13 Å². The van der Waals surface area contributed by atoms with Crippen LogP contribution >= 0.6 is 11.3 Å². The Morgan fingerprint density at radius 3 is 2.93 bits per heavy atom. The molecule has 1 aliphatic heterocycles. The summed E-state index contributed by atoms with van der Waals surface area (Å²) in [4.78, 5) is 24.5. The summed E-state index contributed by atoms with van der Waals surface area (Å²) in [6.45, 7) is 5.25. The molecule has 3 aromatic heterocycles. The fourth-order valence-corrected chi connectivity index (χ4v) is 4.66. The van der Waals surface area contributed by atoms with Crippen LogP contribution in [0.15, 0.2) is 36.5 Å². The number of carbonyl (C=O) groups is 1. The van der Waals surface area contributed by atoms with Crippen molar-refractivity contribution in [1.82, 2.24) is 24.7 Å². The summed E-state index contributed by atoms with van der Waals surface area (Å²) in [5.41, 5.74) is 4.07. The molecule has 0 atom stereocenters. The third-order valence-electron chi connectivity index (χ3n) is 5.40. The number of amides is 1. The first kappa shape index (κ1) is 17.9. The van der Waals surface area contributed by atoms with Crippen molar-refractivity contribution in [1.29, 1.82) is 0 Å². The number of nitrogens with zero attached hydrogens (tertiary/aromatic N) is 6. The lowest BCUT2D eigenvalue weighted by atomic mass is 10.1. The number of aryl methyl sites for hydroxylation is 3. The lowest BCUT2D eigenvalue weighted by molar-refractivity contribution is 0.0970. The van der Waals surface area contributed by atoms with E-state index in [2.05, 4.69) is 41.2 Å². The highest BCUT2D eigenvalue weighted by Gasteiger charge is 2.29. The smallest absolute Gasteiger partial charge is 0.298 e. The van der Waals surface area contributed by atoms with E-state index in [1.54, 1.807) is 11.1 Å². The zero-order valence-corrected chi connectivity index (χ0v) is 17.1. The predicted octanol–water partition coefficient (Wildman–Crippen LogP) is 3.69. The summed E-state index contributed by atoms with van der Waals surface area (Å²) in [5, 5.41) is 9.04. The summed E-state index contributed by atoms with van der Waals surface area (Å²) in [6.07, 6.45) is 3.59. The highest BCUT2D eigenvalue weighted by atomic mass is 32.1. The standard InChI is InChI=1S/C21H20N6OS/c1-13-8-9-16-18(14(13)2)23-21(29-16)27(12-15-6-3-4-10-22-15)20(28)19-25-24-17-7-5-11-26(17)19/h3-4,6,8-10H,5,7,11-12H2,1-2H3. The first-order valence-corrected chi connectivity index (χ1v) is 10.4. The predicted molar refractivity (Wildman–Crippen MR) is 112 cm³/mol. The zero-order valence-electron chi connectivity index (χ0n) is 16.3. The fourth-order valence-electron chi connectivity index (χ4n) is 3.64. The van der Waals surface area contributed by atoms with Crippen LogP contribution in [0, 0.1) is 13.8 Å². The van der Waals surface area contributed by atoms with Gasteiger partial charge in [0.05, 0.1) is 22.5 Å². The van der Waals surface area contributed by atoms with E-state index in [4.69, 9.17) is 4.98 Å². The normalized spacial score (nSPS) is 13.0. The van der Waals surface area contributed by atoms with E-state index in [9.17, 15) is 4.79 Å². The molecule has 1 aliphatic rings. The van der Waals surface area contributed by atoms with Gasteiger partial charge in [0.1, 0.15) is 5.82 Å². The number of hydrogen-bond donors (Lipinski definition) is 0. The van der Waals surface area contributed by atoms with Gasteiger partial charge < -0.3 is 4.57 Å². The molecule has 4 heterocycles. The minimum Gasteiger partial charge on any atom is -0.307 e. The van der Waals surface area contributed by atoms with Crippen molar-refractivity contribution in [2.45, 2.75) is 39.8 Å². The third kappa shape index (κ3) is 3.09. The molecule has 1 amide bonds. The number of hydrogen-bond acceptors (Lipinski definition) is 6. The summed E-state index contributed by atoms with van der Waals surface area (Å²) in [7, 11) is 0. The minimum absolute atomic E-state index is 0.190. The second-order valence-electron chi connectivity index (χ2n) is 7.26. The molecule has 4 aromatic rings. The molecule has 0 fully saturated rings. The summed E-state index contributed by atoms with van der Waals surface area (Å²) < 4.78 is 2.99. The lowest BCUT2D eigenvalue weighted by Crippen LogP contribution is -2.33. The number of pyridine rings is 1. The van der Waals surface area contributed by atoms with Gasteiger partial charge in [-0.25, -0.2) is 4.98 Å². The Balaban J connectivity index is 1.60. The Kier molecular flexibility index (Phi) is 4.35. The van der Waals surface area contributed by atoms with Crippen molar-refractivity contribution >= 4 is 32.6 Å². The van der Waals surface area contributed by atoms with Gasteiger partial charge in [-0.1, -0.05) is 23.5 Å². The summed E-state index contributed by atoms with van der Waals surface area (Å²) in [5.74, 6) is 1.06. The second-order valence-corrected chi connectivity index (χ2v) is 8.27. The maximum Gasteiger partial charge on any atom is 0.298 e. The Morgan fingerprint density at radius 2 is 2.10 bits per heavy atom. The van der Waals surface area contributed by atoms with Gasteiger partial charge in [0.2, 0.25) is 5.82 Å². The van der Waals surface area contributed by atoms with Crippen molar-refractivity contribution < 1.29 is 4.79 Å². The lowest BCUT2D eigenvalue weighted by Gasteiger charge is -2.19. The third-order valence-corrected chi connectivity index (χ3v) is 6.44. The van der Waals surface area contributed by atoms with E-state index >= 15 is 0 Å². The van der Waals surface area contributed by atoms with Crippen LogP contribution < -0.4 is 4.90 Å². The number of thiazole rings is 1. The van der Waals surface area contributed by atoms with E-state index in [-0.39, 0.29) is 5.91 Å². The molecule has 0 unspecified atom stereocenters. The van der Waals surface area contributed by atoms with Gasteiger partial charge in [0.15, 0.2) is 5.13 Å². The van der Waals surface area contributed by atoms with E-state index in [1.807, 2.05) is 22.8 Å². The van der Waals surface area contributed by atoms with Crippen LogP contribution in [-0.2, 0) is 19.5 Å². The number of fused-ring (bicyclic) bond motifs is 2. The Morgan fingerprint density at radius 1 is 1.21 bits per heavy atom. The van der Waals surface area contributed by atoms with Gasteiger partial charge in [-0.2, -0.15) is 0 Å². The van der Waals surface area contributed by atoms with Crippen LogP contribution in [0.2, 0.25) is 0 Å². The van der Waals surface area contributed by atoms with Gasteiger partial charge in [0.25, 0.3) is 5.91 Å². The van der Waals surface area contributed by atoms with Gasteiger partial charge in [-0.3, -0.25) is 14.7 Å². The van der Waals surface area contributed by atoms with Crippen LogP contribution in [0.3, 0.4) is 0 Å². The van der Waals surface area contributed by atoms with Crippen molar-refractivity contribution in [2.24, 2.45) is 0 Å². The number of anilines is 1. The van der Waals surface area contributed by atoms with Crippen LogP contribution in [-0.4, -0.2) is 30.6 Å². The molecule has 0 saturated carbocycles. The second kappa shape index (κ2) is 7.04. The fraction of sp³-hybridized carbons (Fsp3) is 0.286. The molecule has 5 rings (SSSR count). The van der Waals surface area contributed by atoms with Crippen LogP contribution in [0.5, 0.6) is 0 Å². The maximum absolute atomic E-state index is 13.5. The number of carbonyl (C=O) groups excluding carboxylic acids is 1. The zero-order chi connectivity index (χ0) is 20.0. The first-order valence-electron chi connectivity index (χ1n) is 9.62. The number of rotatable bonds is 4. The molecule has 0 N–H and O–H groups in total. The molecular weight excluding hydrogens is 384 g/mol. The van der Waals surface area contributed by atoms with Crippen molar-refractivity contribution in [3.05, 3.63) is 65.0 Å². The molecule has 1 aromatic carbocycles. The van der Waals surface area contributed by atoms with E-state index < -0.39 is 0 Å². The molecule has 0 aliphatic carbocycles. The Hall–Kier alpha value is -3.13. The van der Waals surface area contributed by atoms with Crippen molar-refractivity contribution in [3.8, 4) is 0 Å². The number of benzene rings is 1. The van der Waals surface area contributed by atoms with Gasteiger partial charge in [0, 0.05) is 19.2 Å². The molecule has 0 bridgehead atoms. The van der Waals surface area contributed by atoms with Gasteiger partial charge in [-0.15, -0.1) is 10.2 Å². The average molecular weight is 404 g/mol. The Labute approximate surface area is 172 Å². The molecule has 7 nitrogen and oxygen atoms in total. The molecule has 29 heavy (non-hydrogen) atoms. The highest BCUT2D eigenvalue weighted by molar-refractivity contribution is 7.22. The van der Waals surface area contributed by atoms with E-state index in [1.165, 1.54) is 16.9 Å². The Bertz CT molecular complexity index is 1210. The SMILES string of the molecule is Cc1ccc2sc(N(Cc3ccccn3)C(=O)c3nnc4n3CCC4)nc2c1C. The molecular formula is C21H20N6OS. The topological polar surface area (TPSA) is 76.8 Å². The van der Waals surface area contributed by atoms with Gasteiger partial charge in [-0.05, 0) is 49.6 Å². The summed E-state index contributed by atoms with van der Waals surface area (Å²) in [6, 6.07) is 9.86. The largest absolute Gasteiger partial charge is 0.307 e. The van der Waals surface area contributed by atoms with Crippen molar-refractivity contribution in [3.63, 3.8) is 0 Å². The van der Waals surface area contributed by atoms with Gasteiger partial charge >= 0.3 is 0 Å². The molecule has 146 valence electrons. The van der Waals surface area contributed by atoms with Crippen LogP contribution in [0.1, 0.15) is 39.7 Å². The number of aromatic nitrogens is 5. The van der Waals surface area contributed by atoms with E-state index in [0.717, 1.165) is 46.7 Å². The first-order chi connectivity index (χ1) is 14.1. The minimum atomic E-state index is -0.190. The molecule has 0 spiro atoms. The molecule has 0 radical (unpaired) electrons. The molecule has 0 saturated heterocycles. The quantitative estimate of drug-likeness (QED) is 0.518. The monoisotopic (exact) mass is 404 g/mol. The van der Waals surface area contributed by atoms with E-state index in [0.29, 0.717) is 17.5 Å². The maximum atomic E-state index is 13.5. The summed E-state index contributed by atoms with van der Waals surface area (Å²) >= 11 is 1.52. The average Bonchev–Trinajstić information content (AvgIpc) is 3.45. The highest BCUT2D eigenvalue weighted by Crippen LogP contribution is 2.33.